The molecule has 3 heteroatoms. The van der Waals surface area contributed by atoms with Gasteiger partial charge in [-0.1, -0.05) is 12.1 Å². The van der Waals surface area contributed by atoms with Gasteiger partial charge in [0.2, 0.25) is 0 Å². The van der Waals surface area contributed by atoms with Gasteiger partial charge in [-0.15, -0.1) is 0 Å². The van der Waals surface area contributed by atoms with Gasteiger partial charge >= 0.3 is 0 Å². The van der Waals surface area contributed by atoms with Crippen molar-refractivity contribution in [2.24, 2.45) is 5.92 Å². The lowest BCUT2D eigenvalue weighted by molar-refractivity contribution is 0.0546. The highest BCUT2D eigenvalue weighted by Crippen LogP contribution is 2.26. The van der Waals surface area contributed by atoms with Gasteiger partial charge < -0.3 is 9.30 Å². The molecule has 1 aromatic carbocycles. The molecule has 2 heterocycles. The Bertz CT molecular complexity index is 594. The second kappa shape index (κ2) is 5.17. The standard InChI is InChI=1S/C16H19NO2/c1-2-17-9-6-13-14(4-3-5-15(13)17)16(18)12-7-10-19-11-8-12/h3-6,9,12H,2,7-8,10-11H2,1H3. The van der Waals surface area contributed by atoms with Gasteiger partial charge in [0.05, 0.1) is 0 Å². The second-order valence-corrected chi connectivity index (χ2v) is 5.09. The monoisotopic (exact) mass is 257 g/mol. The molecule has 0 aliphatic carbocycles. The quantitative estimate of drug-likeness (QED) is 0.790. The van der Waals surface area contributed by atoms with Crippen molar-refractivity contribution in [3.63, 3.8) is 0 Å². The molecule has 0 N–H and O–H groups in total. The van der Waals surface area contributed by atoms with Crippen LogP contribution < -0.4 is 0 Å². The molecule has 0 spiro atoms. The van der Waals surface area contributed by atoms with E-state index in [1.54, 1.807) is 0 Å². The summed E-state index contributed by atoms with van der Waals surface area (Å²) in [4.78, 5) is 12.6. The van der Waals surface area contributed by atoms with Crippen LogP contribution in [0.4, 0.5) is 0 Å². The topological polar surface area (TPSA) is 31.2 Å². The third-order valence-electron chi connectivity index (χ3n) is 4.01. The second-order valence-electron chi connectivity index (χ2n) is 5.09. The predicted molar refractivity (Wildman–Crippen MR) is 75.5 cm³/mol. The molecule has 3 rings (SSSR count). The molecule has 0 bridgehead atoms. The molecule has 0 saturated carbocycles. The molecule has 1 aliphatic rings. The van der Waals surface area contributed by atoms with Crippen molar-refractivity contribution in [2.75, 3.05) is 13.2 Å². The fourth-order valence-electron chi connectivity index (χ4n) is 2.89. The van der Waals surface area contributed by atoms with Gasteiger partial charge in [0.1, 0.15) is 0 Å². The minimum absolute atomic E-state index is 0.129. The van der Waals surface area contributed by atoms with Gasteiger partial charge in [0, 0.05) is 48.3 Å². The van der Waals surface area contributed by atoms with Crippen LogP contribution in [0.1, 0.15) is 30.1 Å². The van der Waals surface area contributed by atoms with Crippen LogP contribution in [0.2, 0.25) is 0 Å². The van der Waals surface area contributed by atoms with E-state index in [2.05, 4.69) is 29.8 Å². The van der Waals surface area contributed by atoms with E-state index in [0.717, 1.165) is 35.9 Å². The highest BCUT2D eigenvalue weighted by Gasteiger charge is 2.24. The number of aryl methyl sites for hydroxylation is 1. The number of ketones is 1. The Balaban J connectivity index is 1.99. The number of rotatable bonds is 3. The van der Waals surface area contributed by atoms with Crippen molar-refractivity contribution in [2.45, 2.75) is 26.3 Å². The first-order valence-corrected chi connectivity index (χ1v) is 7.01. The molecular weight excluding hydrogens is 238 g/mol. The van der Waals surface area contributed by atoms with E-state index in [4.69, 9.17) is 4.74 Å². The zero-order valence-corrected chi connectivity index (χ0v) is 11.3. The average Bonchev–Trinajstić information content (AvgIpc) is 2.90. The molecule has 1 fully saturated rings. The lowest BCUT2D eigenvalue weighted by Crippen LogP contribution is -2.23. The van der Waals surface area contributed by atoms with Crippen LogP contribution in [-0.4, -0.2) is 23.6 Å². The van der Waals surface area contributed by atoms with E-state index in [1.165, 1.54) is 0 Å². The minimum Gasteiger partial charge on any atom is -0.381 e. The molecule has 1 aromatic heterocycles. The van der Waals surface area contributed by atoms with Crippen molar-refractivity contribution in [3.05, 3.63) is 36.0 Å². The summed E-state index contributed by atoms with van der Waals surface area (Å²) in [5, 5.41) is 1.08. The number of aromatic nitrogens is 1. The van der Waals surface area contributed by atoms with Gasteiger partial charge in [-0.2, -0.15) is 0 Å². The molecule has 0 amide bonds. The SMILES string of the molecule is CCn1ccc2c(C(=O)C3CCOCC3)cccc21. The van der Waals surface area contributed by atoms with E-state index < -0.39 is 0 Å². The zero-order chi connectivity index (χ0) is 13.2. The number of Topliss-reactive ketones (excluding diaryl/α,β-unsaturated/α-hetero) is 1. The average molecular weight is 257 g/mol. The summed E-state index contributed by atoms with van der Waals surface area (Å²) in [7, 11) is 0. The first kappa shape index (κ1) is 12.4. The largest absolute Gasteiger partial charge is 0.381 e. The van der Waals surface area contributed by atoms with Crippen LogP contribution >= 0.6 is 0 Å². The van der Waals surface area contributed by atoms with Crippen LogP contribution in [-0.2, 0) is 11.3 Å². The van der Waals surface area contributed by atoms with E-state index >= 15 is 0 Å². The Labute approximate surface area is 113 Å². The Hall–Kier alpha value is -1.61. The van der Waals surface area contributed by atoms with Gasteiger partial charge in [-0.05, 0) is 31.9 Å². The molecule has 2 aromatic rings. The van der Waals surface area contributed by atoms with Crippen molar-refractivity contribution in [3.8, 4) is 0 Å². The Morgan fingerprint density at radius 1 is 1.32 bits per heavy atom. The Morgan fingerprint density at radius 3 is 2.84 bits per heavy atom. The van der Waals surface area contributed by atoms with E-state index in [1.807, 2.05) is 12.1 Å². The number of hydrogen-bond donors (Lipinski definition) is 0. The summed E-state index contributed by atoms with van der Waals surface area (Å²) in [5.74, 6) is 0.409. The van der Waals surface area contributed by atoms with E-state index in [-0.39, 0.29) is 11.7 Å². The molecule has 100 valence electrons. The molecule has 3 nitrogen and oxygen atoms in total. The van der Waals surface area contributed by atoms with Crippen LogP contribution in [0.15, 0.2) is 30.5 Å². The number of benzene rings is 1. The molecular formula is C16H19NO2. The van der Waals surface area contributed by atoms with Crippen molar-refractivity contribution < 1.29 is 9.53 Å². The maximum absolute atomic E-state index is 12.6. The van der Waals surface area contributed by atoms with Crippen LogP contribution in [0.3, 0.4) is 0 Å². The number of hydrogen-bond acceptors (Lipinski definition) is 2. The lowest BCUT2D eigenvalue weighted by atomic mass is 9.89. The third-order valence-corrected chi connectivity index (χ3v) is 4.01. The smallest absolute Gasteiger partial charge is 0.166 e. The third kappa shape index (κ3) is 2.19. The summed E-state index contributed by atoms with van der Waals surface area (Å²) in [6, 6.07) is 8.09. The highest BCUT2D eigenvalue weighted by molar-refractivity contribution is 6.08. The fraction of sp³-hybridized carbons (Fsp3) is 0.438. The maximum atomic E-state index is 12.6. The summed E-state index contributed by atoms with van der Waals surface area (Å²) in [6.45, 7) is 4.47. The first-order valence-electron chi connectivity index (χ1n) is 7.01. The van der Waals surface area contributed by atoms with Crippen molar-refractivity contribution in [1.82, 2.24) is 4.57 Å². The summed E-state index contributed by atoms with van der Waals surface area (Å²) < 4.78 is 7.52. The van der Waals surface area contributed by atoms with E-state index in [0.29, 0.717) is 13.2 Å². The zero-order valence-electron chi connectivity index (χ0n) is 11.3. The highest BCUT2D eigenvalue weighted by atomic mass is 16.5. The minimum atomic E-state index is 0.129. The molecule has 0 radical (unpaired) electrons. The number of fused-ring (bicyclic) bond motifs is 1. The Kier molecular flexibility index (Phi) is 3.38. The lowest BCUT2D eigenvalue weighted by Gasteiger charge is -2.21. The van der Waals surface area contributed by atoms with Crippen LogP contribution in [0.5, 0.6) is 0 Å². The molecule has 0 unspecified atom stereocenters. The number of carbonyl (C=O) groups excluding carboxylic acids is 1. The van der Waals surface area contributed by atoms with E-state index in [9.17, 15) is 4.79 Å². The normalized spacial score (nSPS) is 16.9. The van der Waals surface area contributed by atoms with Gasteiger partial charge in [-0.3, -0.25) is 4.79 Å². The van der Waals surface area contributed by atoms with Crippen molar-refractivity contribution in [1.29, 1.82) is 0 Å². The molecule has 19 heavy (non-hydrogen) atoms. The molecule has 1 saturated heterocycles. The van der Waals surface area contributed by atoms with Gasteiger partial charge in [-0.25, -0.2) is 0 Å². The predicted octanol–water partition coefficient (Wildman–Crippen LogP) is 3.27. The fourth-order valence-corrected chi connectivity index (χ4v) is 2.89. The van der Waals surface area contributed by atoms with Gasteiger partial charge in [0.25, 0.3) is 0 Å². The number of carbonyl (C=O) groups is 1. The van der Waals surface area contributed by atoms with Gasteiger partial charge in [0.15, 0.2) is 5.78 Å². The van der Waals surface area contributed by atoms with Crippen LogP contribution in [0.25, 0.3) is 10.9 Å². The summed E-state index contributed by atoms with van der Waals surface area (Å²) >= 11 is 0. The van der Waals surface area contributed by atoms with Crippen molar-refractivity contribution >= 4 is 16.7 Å². The summed E-state index contributed by atoms with van der Waals surface area (Å²) in [6.07, 6.45) is 3.76. The number of ether oxygens (including phenoxy) is 1. The van der Waals surface area contributed by atoms with Crippen LogP contribution in [0, 0.1) is 5.92 Å². The molecule has 1 aliphatic heterocycles. The Morgan fingerprint density at radius 2 is 2.11 bits per heavy atom. The summed E-state index contributed by atoms with van der Waals surface area (Å²) in [5.41, 5.74) is 2.03. The maximum Gasteiger partial charge on any atom is 0.166 e. The first-order chi connectivity index (χ1) is 9.31. The molecule has 0 atom stereocenters. The number of nitrogens with zero attached hydrogens (tertiary/aromatic N) is 1.